The zero-order valence-corrected chi connectivity index (χ0v) is 19.7. The van der Waals surface area contributed by atoms with Crippen molar-refractivity contribution in [2.24, 2.45) is 0 Å². The molecular weight excluding hydrogens is 450 g/mol. The number of rotatable bonds is 8. The number of amides is 1. The molecule has 0 aliphatic carbocycles. The summed E-state index contributed by atoms with van der Waals surface area (Å²) >= 11 is 0. The summed E-state index contributed by atoms with van der Waals surface area (Å²) < 4.78 is 37.5. The van der Waals surface area contributed by atoms with E-state index in [1.54, 1.807) is 39.0 Å². The minimum atomic E-state index is -3.94. The Kier molecular flexibility index (Phi) is 7.11. The quantitative estimate of drug-likeness (QED) is 0.457. The second kappa shape index (κ2) is 9.65. The highest BCUT2D eigenvalue weighted by Gasteiger charge is 2.34. The molecule has 0 fully saturated rings. The number of ether oxygens (including phenoxy) is 2. The molecule has 0 aromatic heterocycles. The second-order valence-corrected chi connectivity index (χ2v) is 9.70. The molecule has 0 bridgehead atoms. The number of hydrogen-bond donors (Lipinski definition) is 1. The number of nitrogens with one attached hydrogen (secondary N) is 1. The van der Waals surface area contributed by atoms with E-state index in [9.17, 15) is 23.3 Å². The van der Waals surface area contributed by atoms with Crippen molar-refractivity contribution in [1.29, 1.82) is 0 Å². The third-order valence-corrected chi connectivity index (χ3v) is 6.56. The van der Waals surface area contributed by atoms with E-state index in [1.807, 2.05) is 0 Å². The third-order valence-electron chi connectivity index (χ3n) is 5.40. The highest BCUT2D eigenvalue weighted by atomic mass is 32.2. The lowest BCUT2D eigenvalue weighted by Crippen LogP contribution is -2.50. The van der Waals surface area contributed by atoms with Gasteiger partial charge in [-0.1, -0.05) is 19.1 Å². The van der Waals surface area contributed by atoms with Crippen LogP contribution >= 0.6 is 0 Å². The van der Waals surface area contributed by atoms with Gasteiger partial charge in [0.15, 0.2) is 11.5 Å². The van der Waals surface area contributed by atoms with Crippen LogP contribution in [0, 0.1) is 17.0 Å². The van der Waals surface area contributed by atoms with E-state index in [0.717, 1.165) is 16.1 Å². The molecule has 0 spiro atoms. The van der Waals surface area contributed by atoms with Crippen molar-refractivity contribution < 1.29 is 27.6 Å². The molecule has 3 rings (SSSR count). The molecule has 0 radical (unpaired) electrons. The Balaban J connectivity index is 1.91. The first-order valence-corrected chi connectivity index (χ1v) is 12.3. The Labute approximate surface area is 192 Å². The van der Waals surface area contributed by atoms with Crippen LogP contribution in [0.2, 0.25) is 0 Å². The third kappa shape index (κ3) is 5.36. The number of fused-ring (bicyclic) bond motifs is 1. The molecular formula is C22H27N3O7S. The maximum absolute atomic E-state index is 13.2. The van der Waals surface area contributed by atoms with Crippen molar-refractivity contribution in [1.82, 2.24) is 5.32 Å². The smallest absolute Gasteiger partial charge is 0.271 e. The van der Waals surface area contributed by atoms with E-state index >= 15 is 0 Å². The monoisotopic (exact) mass is 477 g/mol. The fraction of sp³-hybridized carbons (Fsp3) is 0.409. The maximum atomic E-state index is 13.2. The normalized spacial score (nSPS) is 14.8. The molecule has 178 valence electrons. The molecule has 1 heterocycles. The molecule has 1 aliphatic rings. The lowest BCUT2D eigenvalue weighted by atomic mass is 10.1. The summed E-state index contributed by atoms with van der Waals surface area (Å²) in [6.45, 7) is 6.00. The van der Waals surface area contributed by atoms with Crippen molar-refractivity contribution in [3.63, 3.8) is 0 Å². The maximum Gasteiger partial charge on any atom is 0.271 e. The molecule has 0 unspecified atom stereocenters. The lowest BCUT2D eigenvalue weighted by molar-refractivity contribution is -0.384. The summed E-state index contributed by atoms with van der Waals surface area (Å²) in [7, 11) is -3.94. The first-order chi connectivity index (χ1) is 15.5. The molecule has 1 amide bonds. The number of non-ortho nitro benzene ring substituents is 1. The molecule has 1 aliphatic heterocycles. The Morgan fingerprint density at radius 1 is 1.18 bits per heavy atom. The largest absolute Gasteiger partial charge is 0.486 e. The number of hydrogen-bond acceptors (Lipinski definition) is 7. The highest BCUT2D eigenvalue weighted by Crippen LogP contribution is 2.33. The fourth-order valence-corrected chi connectivity index (χ4v) is 4.97. The van der Waals surface area contributed by atoms with E-state index in [2.05, 4.69) is 5.32 Å². The molecule has 33 heavy (non-hydrogen) atoms. The standard InChI is InChI=1S/C22H27N3O7S/c1-5-18(24(33(4,29)30)19-13-17(25(27)28)8-6-14(19)2)22(26)23-15(3)16-7-9-20-21(12-16)32-11-10-31-20/h6-9,12-13,15,18H,5,10-11H2,1-4H3,(H,23,26)/t15-,18+/m1/s1. The topological polar surface area (TPSA) is 128 Å². The van der Waals surface area contributed by atoms with Crippen LogP contribution in [-0.4, -0.2) is 44.8 Å². The van der Waals surface area contributed by atoms with Gasteiger partial charge in [0.1, 0.15) is 19.3 Å². The number of carbonyl (C=O) groups is 1. The molecule has 0 saturated heterocycles. The van der Waals surface area contributed by atoms with Crippen LogP contribution in [0.1, 0.15) is 37.4 Å². The molecule has 11 heteroatoms. The first-order valence-electron chi connectivity index (χ1n) is 10.5. The Morgan fingerprint density at radius 3 is 2.45 bits per heavy atom. The van der Waals surface area contributed by atoms with Crippen LogP contribution in [0.25, 0.3) is 0 Å². The van der Waals surface area contributed by atoms with Gasteiger partial charge < -0.3 is 14.8 Å². The van der Waals surface area contributed by atoms with Gasteiger partial charge in [0.2, 0.25) is 15.9 Å². The number of nitro benzene ring substituents is 1. The van der Waals surface area contributed by atoms with Gasteiger partial charge in [-0.3, -0.25) is 19.2 Å². The molecule has 1 N–H and O–H groups in total. The second-order valence-electron chi connectivity index (χ2n) is 7.84. The van der Waals surface area contributed by atoms with E-state index in [1.165, 1.54) is 18.2 Å². The predicted octanol–water partition coefficient (Wildman–Crippen LogP) is 3.10. The summed E-state index contributed by atoms with van der Waals surface area (Å²) in [5.74, 6) is 0.687. The zero-order chi connectivity index (χ0) is 24.3. The average Bonchev–Trinajstić information content (AvgIpc) is 2.76. The lowest BCUT2D eigenvalue weighted by Gasteiger charge is -2.32. The van der Waals surface area contributed by atoms with Gasteiger partial charge >= 0.3 is 0 Å². The zero-order valence-electron chi connectivity index (χ0n) is 18.9. The van der Waals surface area contributed by atoms with Crippen LogP contribution in [-0.2, 0) is 14.8 Å². The summed E-state index contributed by atoms with van der Waals surface area (Å²) in [4.78, 5) is 23.9. The van der Waals surface area contributed by atoms with E-state index in [4.69, 9.17) is 9.47 Å². The van der Waals surface area contributed by atoms with Gasteiger partial charge in [0.05, 0.1) is 22.9 Å². The van der Waals surface area contributed by atoms with Crippen molar-refractivity contribution in [2.45, 2.75) is 39.3 Å². The number of benzene rings is 2. The molecule has 0 saturated carbocycles. The number of nitro groups is 1. The molecule has 2 aromatic carbocycles. The van der Waals surface area contributed by atoms with Gasteiger partial charge in [0, 0.05) is 12.1 Å². The minimum absolute atomic E-state index is 0.0979. The Morgan fingerprint density at radius 2 is 1.85 bits per heavy atom. The summed E-state index contributed by atoms with van der Waals surface area (Å²) in [6, 6.07) is 7.74. The van der Waals surface area contributed by atoms with Gasteiger partial charge in [-0.05, 0) is 43.5 Å². The molecule has 10 nitrogen and oxygen atoms in total. The van der Waals surface area contributed by atoms with Crippen molar-refractivity contribution in [2.75, 3.05) is 23.8 Å². The van der Waals surface area contributed by atoms with Crippen LogP contribution in [0.5, 0.6) is 11.5 Å². The first kappa shape index (κ1) is 24.3. The number of aryl methyl sites for hydroxylation is 1. The van der Waals surface area contributed by atoms with Crippen molar-refractivity contribution >= 4 is 27.3 Å². The van der Waals surface area contributed by atoms with Gasteiger partial charge in [-0.25, -0.2) is 8.42 Å². The number of carbonyl (C=O) groups excluding carboxylic acids is 1. The highest BCUT2D eigenvalue weighted by molar-refractivity contribution is 7.92. The van der Waals surface area contributed by atoms with Crippen LogP contribution < -0.4 is 19.1 Å². The average molecular weight is 478 g/mol. The summed E-state index contributed by atoms with van der Waals surface area (Å²) in [5, 5.41) is 14.1. The van der Waals surface area contributed by atoms with Crippen LogP contribution in [0.15, 0.2) is 36.4 Å². The van der Waals surface area contributed by atoms with E-state index in [-0.39, 0.29) is 17.8 Å². The van der Waals surface area contributed by atoms with Crippen molar-refractivity contribution in [3.05, 3.63) is 57.6 Å². The summed E-state index contributed by atoms with van der Waals surface area (Å²) in [6.07, 6.45) is 1.14. The van der Waals surface area contributed by atoms with Gasteiger partial charge in [-0.2, -0.15) is 0 Å². The van der Waals surface area contributed by atoms with Gasteiger partial charge in [-0.15, -0.1) is 0 Å². The molecule has 2 atom stereocenters. The van der Waals surface area contributed by atoms with Crippen molar-refractivity contribution in [3.8, 4) is 11.5 Å². The van der Waals surface area contributed by atoms with Gasteiger partial charge in [0.25, 0.3) is 5.69 Å². The Hall–Kier alpha value is -3.34. The summed E-state index contributed by atoms with van der Waals surface area (Å²) in [5.41, 5.74) is 1.10. The fourth-order valence-electron chi connectivity index (χ4n) is 3.71. The van der Waals surface area contributed by atoms with E-state index < -0.39 is 32.9 Å². The van der Waals surface area contributed by atoms with E-state index in [0.29, 0.717) is 30.3 Å². The van der Waals surface area contributed by atoms with Crippen LogP contribution in [0.3, 0.4) is 0 Å². The minimum Gasteiger partial charge on any atom is -0.486 e. The Bertz CT molecular complexity index is 1170. The molecule has 2 aromatic rings. The van der Waals surface area contributed by atoms with Crippen LogP contribution in [0.4, 0.5) is 11.4 Å². The number of anilines is 1. The SMILES string of the molecule is CC[C@@H](C(=O)N[C@H](C)c1ccc2c(c1)OCCO2)N(c1cc([N+](=O)[O-])ccc1C)S(C)(=O)=O. The predicted molar refractivity (Wildman–Crippen MR) is 123 cm³/mol. The number of sulfonamides is 1. The number of nitrogens with zero attached hydrogens (tertiary/aromatic N) is 2.